The lowest BCUT2D eigenvalue weighted by molar-refractivity contribution is -0.146. The van der Waals surface area contributed by atoms with Gasteiger partial charge in [0.05, 0.1) is 18.6 Å². The lowest BCUT2D eigenvalue weighted by Gasteiger charge is -2.38. The second-order valence-electron chi connectivity index (χ2n) is 8.35. The van der Waals surface area contributed by atoms with Gasteiger partial charge in [-0.3, -0.25) is 4.79 Å². The van der Waals surface area contributed by atoms with Crippen LogP contribution in [0.5, 0.6) is 0 Å². The van der Waals surface area contributed by atoms with E-state index in [0.29, 0.717) is 5.92 Å². The van der Waals surface area contributed by atoms with Crippen molar-refractivity contribution in [1.82, 2.24) is 25.0 Å². The summed E-state index contributed by atoms with van der Waals surface area (Å²) in [7, 11) is 0. The summed E-state index contributed by atoms with van der Waals surface area (Å²) in [4.78, 5) is 15.4. The summed E-state index contributed by atoms with van der Waals surface area (Å²) < 4.78 is 8.33. The maximum atomic E-state index is 13.4. The van der Waals surface area contributed by atoms with Gasteiger partial charge in [0.15, 0.2) is 0 Å². The highest BCUT2D eigenvalue weighted by Gasteiger charge is 2.37. The summed E-state index contributed by atoms with van der Waals surface area (Å²) in [5, 5.41) is 12.2. The van der Waals surface area contributed by atoms with Gasteiger partial charge in [0.1, 0.15) is 11.6 Å². The Labute approximate surface area is 183 Å². The van der Waals surface area contributed by atoms with E-state index in [1.54, 1.807) is 0 Å². The fraction of sp³-hybridized carbons (Fsp3) is 0.591. The van der Waals surface area contributed by atoms with E-state index in [-0.39, 0.29) is 30.3 Å². The lowest BCUT2D eigenvalue weighted by atomic mass is 9.87. The Morgan fingerprint density at radius 3 is 2.67 bits per heavy atom. The zero-order chi connectivity index (χ0) is 19.6. The summed E-state index contributed by atoms with van der Waals surface area (Å²) in [6, 6.07) is 10.2. The monoisotopic (exact) mass is 431 g/mol. The number of benzene rings is 1. The summed E-state index contributed by atoms with van der Waals surface area (Å²) in [6.07, 6.45) is 3.66. The average molecular weight is 432 g/mol. The van der Waals surface area contributed by atoms with Crippen LogP contribution in [-0.4, -0.2) is 51.8 Å². The molecule has 1 aromatic carbocycles. The number of ether oxygens (including phenoxy) is 1. The van der Waals surface area contributed by atoms with Gasteiger partial charge in [-0.25, -0.2) is 0 Å². The van der Waals surface area contributed by atoms with Gasteiger partial charge in [-0.15, -0.1) is 22.6 Å². The molecule has 7 nitrogen and oxygen atoms in total. The molecule has 4 heterocycles. The number of nitrogens with one attached hydrogen (secondary N) is 1. The first-order chi connectivity index (χ1) is 14.3. The highest BCUT2D eigenvalue weighted by atomic mass is 35.5. The number of carbonyl (C=O) groups excluding carboxylic acids is 1. The number of fused-ring (bicyclic) bond motifs is 1. The fourth-order valence-electron chi connectivity index (χ4n) is 5.01. The van der Waals surface area contributed by atoms with Gasteiger partial charge < -0.3 is 19.5 Å². The standard InChI is InChI=1S/C22H29N5O2.ClH/c28-22(18-7-4-14-29-20(18)16-5-2-1-3-6-16)26-11-8-17(9-12-26)21-25-24-19-15-23-10-13-27(19)21;/h1-3,5-6,17-18,20,23H,4,7-15H2;1H. The third kappa shape index (κ3) is 4.11. The fourth-order valence-corrected chi connectivity index (χ4v) is 5.01. The molecule has 3 aliphatic rings. The van der Waals surface area contributed by atoms with Gasteiger partial charge in [-0.05, 0) is 31.2 Å². The molecule has 2 fully saturated rings. The molecule has 1 N–H and O–H groups in total. The molecule has 5 rings (SSSR count). The van der Waals surface area contributed by atoms with Crippen LogP contribution in [0, 0.1) is 5.92 Å². The zero-order valence-corrected chi connectivity index (χ0v) is 18.0. The van der Waals surface area contributed by atoms with Gasteiger partial charge in [-0.1, -0.05) is 30.3 Å². The minimum atomic E-state index is -0.119. The van der Waals surface area contributed by atoms with E-state index in [0.717, 1.165) is 82.2 Å². The Kier molecular flexibility index (Phi) is 6.71. The van der Waals surface area contributed by atoms with Crippen molar-refractivity contribution in [2.24, 2.45) is 5.92 Å². The molecule has 2 unspecified atom stereocenters. The van der Waals surface area contributed by atoms with Crippen molar-refractivity contribution in [3.63, 3.8) is 0 Å². The van der Waals surface area contributed by atoms with E-state index in [4.69, 9.17) is 4.74 Å². The first-order valence-corrected chi connectivity index (χ1v) is 10.9. The van der Waals surface area contributed by atoms with Gasteiger partial charge in [0.25, 0.3) is 0 Å². The van der Waals surface area contributed by atoms with E-state index in [1.165, 1.54) is 0 Å². The molecular formula is C22H30ClN5O2. The Morgan fingerprint density at radius 1 is 1.07 bits per heavy atom. The van der Waals surface area contributed by atoms with Crippen LogP contribution in [-0.2, 0) is 22.6 Å². The molecule has 2 aromatic rings. The van der Waals surface area contributed by atoms with Crippen molar-refractivity contribution in [2.45, 2.75) is 50.8 Å². The predicted molar refractivity (Wildman–Crippen MR) is 115 cm³/mol. The van der Waals surface area contributed by atoms with Crippen LogP contribution in [0.15, 0.2) is 30.3 Å². The number of hydrogen-bond donors (Lipinski definition) is 1. The third-order valence-electron chi connectivity index (χ3n) is 6.59. The van der Waals surface area contributed by atoms with E-state index in [1.807, 2.05) is 18.2 Å². The largest absolute Gasteiger partial charge is 0.373 e. The molecule has 1 amide bonds. The Bertz CT molecular complexity index is 850. The minimum Gasteiger partial charge on any atom is -0.373 e. The molecule has 0 aliphatic carbocycles. The minimum absolute atomic E-state index is 0. The van der Waals surface area contributed by atoms with Gasteiger partial charge in [0.2, 0.25) is 5.91 Å². The number of likely N-dealkylation sites (tertiary alicyclic amines) is 1. The van der Waals surface area contributed by atoms with Crippen LogP contribution in [0.25, 0.3) is 0 Å². The number of amides is 1. The predicted octanol–water partition coefficient (Wildman–Crippen LogP) is 2.68. The number of piperidine rings is 1. The topological polar surface area (TPSA) is 72.3 Å². The number of halogens is 1. The first kappa shape index (κ1) is 21.3. The summed E-state index contributed by atoms with van der Waals surface area (Å²) in [5.74, 6) is 2.72. The van der Waals surface area contributed by atoms with Crippen molar-refractivity contribution in [3.8, 4) is 0 Å². The summed E-state index contributed by atoms with van der Waals surface area (Å²) in [6.45, 7) is 5.03. The maximum Gasteiger partial charge on any atom is 0.228 e. The van der Waals surface area contributed by atoms with Crippen molar-refractivity contribution >= 4 is 18.3 Å². The smallest absolute Gasteiger partial charge is 0.228 e. The molecule has 3 aliphatic heterocycles. The molecule has 8 heteroatoms. The van der Waals surface area contributed by atoms with Crippen LogP contribution < -0.4 is 5.32 Å². The number of carbonyl (C=O) groups is 1. The highest BCUT2D eigenvalue weighted by Crippen LogP contribution is 2.36. The Balaban J connectivity index is 0.00000218. The summed E-state index contributed by atoms with van der Waals surface area (Å²) >= 11 is 0. The number of hydrogen-bond acceptors (Lipinski definition) is 5. The third-order valence-corrected chi connectivity index (χ3v) is 6.59. The molecule has 162 valence electrons. The average Bonchev–Trinajstić information content (AvgIpc) is 3.23. The molecule has 0 spiro atoms. The molecule has 0 radical (unpaired) electrons. The number of nitrogens with zero attached hydrogens (tertiary/aromatic N) is 4. The molecule has 2 saturated heterocycles. The van der Waals surface area contributed by atoms with Crippen LogP contribution in [0.2, 0.25) is 0 Å². The van der Waals surface area contributed by atoms with Crippen molar-refractivity contribution < 1.29 is 9.53 Å². The first-order valence-electron chi connectivity index (χ1n) is 10.9. The highest BCUT2D eigenvalue weighted by molar-refractivity contribution is 5.85. The van der Waals surface area contributed by atoms with Crippen LogP contribution >= 0.6 is 12.4 Å². The molecule has 30 heavy (non-hydrogen) atoms. The van der Waals surface area contributed by atoms with E-state index in [2.05, 4.69) is 37.1 Å². The zero-order valence-electron chi connectivity index (χ0n) is 17.2. The molecule has 0 saturated carbocycles. The van der Waals surface area contributed by atoms with E-state index in [9.17, 15) is 4.79 Å². The second kappa shape index (κ2) is 9.45. The van der Waals surface area contributed by atoms with E-state index < -0.39 is 0 Å². The lowest BCUT2D eigenvalue weighted by Crippen LogP contribution is -2.44. The van der Waals surface area contributed by atoms with Crippen molar-refractivity contribution in [3.05, 3.63) is 47.5 Å². The number of aromatic nitrogens is 3. The summed E-state index contributed by atoms with van der Waals surface area (Å²) in [5.41, 5.74) is 1.11. The van der Waals surface area contributed by atoms with E-state index >= 15 is 0 Å². The quantitative estimate of drug-likeness (QED) is 0.808. The van der Waals surface area contributed by atoms with Crippen LogP contribution in [0.3, 0.4) is 0 Å². The Hall–Kier alpha value is -1.96. The molecular weight excluding hydrogens is 402 g/mol. The maximum absolute atomic E-state index is 13.4. The number of rotatable bonds is 3. The van der Waals surface area contributed by atoms with Crippen LogP contribution in [0.1, 0.15) is 54.9 Å². The van der Waals surface area contributed by atoms with Gasteiger partial charge in [-0.2, -0.15) is 0 Å². The second-order valence-corrected chi connectivity index (χ2v) is 8.35. The SMILES string of the molecule is Cl.O=C(C1CCCOC1c1ccccc1)N1CCC(c2nnc3n2CCNC3)CC1. The van der Waals surface area contributed by atoms with Crippen LogP contribution in [0.4, 0.5) is 0 Å². The molecule has 2 atom stereocenters. The molecule has 1 aromatic heterocycles. The van der Waals surface area contributed by atoms with Crippen molar-refractivity contribution in [1.29, 1.82) is 0 Å². The van der Waals surface area contributed by atoms with Crippen molar-refractivity contribution in [2.75, 3.05) is 26.2 Å². The van der Waals surface area contributed by atoms with Gasteiger partial charge in [0, 0.05) is 38.7 Å². The van der Waals surface area contributed by atoms with Gasteiger partial charge >= 0.3 is 0 Å². The normalized spacial score (nSPS) is 24.7. The molecule has 0 bridgehead atoms. The Morgan fingerprint density at radius 2 is 1.87 bits per heavy atom.